The summed E-state index contributed by atoms with van der Waals surface area (Å²) in [5.41, 5.74) is 0.839. The van der Waals surface area contributed by atoms with Gasteiger partial charge in [0.1, 0.15) is 0 Å². The van der Waals surface area contributed by atoms with Gasteiger partial charge in [-0.2, -0.15) is 4.39 Å². The zero-order chi connectivity index (χ0) is 15.4. The molecule has 0 saturated carbocycles. The number of hydrogen-bond acceptors (Lipinski definition) is 3. The molecule has 1 N–H and O–H groups in total. The van der Waals surface area contributed by atoms with Crippen LogP contribution >= 0.6 is 15.9 Å². The van der Waals surface area contributed by atoms with Gasteiger partial charge in [-0.15, -0.1) is 0 Å². The minimum Gasteiger partial charge on any atom is -0.306 e. The molecule has 21 heavy (non-hydrogen) atoms. The normalized spacial score (nSPS) is 12.1. The zero-order valence-corrected chi connectivity index (χ0v) is 12.9. The number of hydrogen-bond donors (Lipinski definition) is 1. The molecule has 0 spiro atoms. The fourth-order valence-corrected chi connectivity index (χ4v) is 2.42. The van der Waals surface area contributed by atoms with Crippen molar-refractivity contribution >= 4 is 21.6 Å². The fraction of sp³-hybridized carbons (Fsp3) is 0.200. The first kappa shape index (κ1) is 15.6. The topological polar surface area (TPSA) is 55.2 Å². The van der Waals surface area contributed by atoms with Crippen LogP contribution in [0.25, 0.3) is 0 Å². The molecule has 110 valence electrons. The van der Waals surface area contributed by atoms with Crippen LogP contribution in [0.1, 0.15) is 24.1 Å². The number of nitrogens with one attached hydrogen (secondary N) is 1. The number of nitro groups is 1. The molecule has 2 aromatic carbocycles. The minimum atomic E-state index is -0.781. The van der Waals surface area contributed by atoms with E-state index in [4.69, 9.17) is 0 Å². The Morgan fingerprint density at radius 1 is 1.33 bits per heavy atom. The van der Waals surface area contributed by atoms with Crippen LogP contribution in [0.15, 0.2) is 46.9 Å². The summed E-state index contributed by atoms with van der Waals surface area (Å²) in [6.45, 7) is 2.18. The number of halogens is 2. The summed E-state index contributed by atoms with van der Waals surface area (Å²) < 4.78 is 14.9. The maximum atomic E-state index is 14.0. The SMILES string of the molecule is C[C@@H](NCc1cccc([N+](=O)[O-])c1F)c1cccc(Br)c1. The van der Waals surface area contributed by atoms with Gasteiger partial charge in [0.15, 0.2) is 0 Å². The van der Waals surface area contributed by atoms with Crippen molar-refractivity contribution in [3.63, 3.8) is 0 Å². The van der Waals surface area contributed by atoms with Gasteiger partial charge in [0.2, 0.25) is 5.82 Å². The quantitative estimate of drug-likeness (QED) is 0.642. The number of nitro benzene ring substituents is 1. The number of rotatable bonds is 5. The van der Waals surface area contributed by atoms with Crippen molar-refractivity contribution in [1.29, 1.82) is 0 Å². The van der Waals surface area contributed by atoms with E-state index in [9.17, 15) is 14.5 Å². The molecule has 2 rings (SSSR count). The summed E-state index contributed by atoms with van der Waals surface area (Å²) in [5, 5.41) is 13.9. The lowest BCUT2D eigenvalue weighted by molar-refractivity contribution is -0.387. The molecule has 4 nitrogen and oxygen atoms in total. The van der Waals surface area contributed by atoms with E-state index < -0.39 is 16.4 Å². The van der Waals surface area contributed by atoms with Gasteiger partial charge in [-0.05, 0) is 24.6 Å². The predicted octanol–water partition coefficient (Wildman–Crippen LogP) is 4.35. The molecule has 6 heteroatoms. The van der Waals surface area contributed by atoms with E-state index in [0.717, 1.165) is 16.1 Å². The summed E-state index contributed by atoms with van der Waals surface area (Å²) in [7, 11) is 0. The van der Waals surface area contributed by atoms with Crippen molar-refractivity contribution in [2.24, 2.45) is 0 Å². The minimum absolute atomic E-state index is 0.00108. The Morgan fingerprint density at radius 2 is 2.05 bits per heavy atom. The van der Waals surface area contributed by atoms with Crippen LogP contribution in [-0.2, 0) is 6.54 Å². The predicted molar refractivity (Wildman–Crippen MR) is 82.5 cm³/mol. The van der Waals surface area contributed by atoms with Crippen molar-refractivity contribution < 1.29 is 9.31 Å². The lowest BCUT2D eigenvalue weighted by Gasteiger charge is -2.15. The molecule has 0 aliphatic rings. The maximum absolute atomic E-state index is 14.0. The van der Waals surface area contributed by atoms with Crippen molar-refractivity contribution in [3.05, 3.63) is 74.0 Å². The molecule has 0 heterocycles. The van der Waals surface area contributed by atoms with Gasteiger partial charge >= 0.3 is 5.69 Å². The highest BCUT2D eigenvalue weighted by Gasteiger charge is 2.17. The summed E-state index contributed by atoms with van der Waals surface area (Å²) in [5.74, 6) is -0.781. The number of nitrogens with zero attached hydrogens (tertiary/aromatic N) is 1. The standard InChI is InChI=1S/C15H14BrFN2O2/c1-10(11-4-2-6-13(16)8-11)18-9-12-5-3-7-14(15(12)17)19(20)21/h2-8,10,18H,9H2,1H3/t10-/m1/s1. The van der Waals surface area contributed by atoms with Gasteiger partial charge in [-0.3, -0.25) is 10.1 Å². The van der Waals surface area contributed by atoms with Gasteiger partial charge in [-0.1, -0.05) is 40.2 Å². The zero-order valence-electron chi connectivity index (χ0n) is 11.3. The van der Waals surface area contributed by atoms with Crippen molar-refractivity contribution in [2.75, 3.05) is 0 Å². The summed E-state index contributed by atoms with van der Waals surface area (Å²) in [6.07, 6.45) is 0. The Morgan fingerprint density at radius 3 is 2.71 bits per heavy atom. The van der Waals surface area contributed by atoms with Crippen molar-refractivity contribution in [3.8, 4) is 0 Å². The van der Waals surface area contributed by atoms with Crippen LogP contribution in [0, 0.1) is 15.9 Å². The first-order chi connectivity index (χ1) is 9.99. The van der Waals surface area contributed by atoms with Crippen LogP contribution in [0.5, 0.6) is 0 Å². The van der Waals surface area contributed by atoms with Gasteiger partial charge < -0.3 is 5.32 Å². The van der Waals surface area contributed by atoms with E-state index in [1.807, 2.05) is 31.2 Å². The summed E-state index contributed by atoms with van der Waals surface area (Å²) >= 11 is 3.40. The third kappa shape index (κ3) is 3.86. The van der Waals surface area contributed by atoms with E-state index in [0.29, 0.717) is 0 Å². The van der Waals surface area contributed by atoms with Gasteiger partial charge in [0.05, 0.1) is 4.92 Å². The van der Waals surface area contributed by atoms with Crippen LogP contribution in [0.4, 0.5) is 10.1 Å². The molecule has 0 unspecified atom stereocenters. The molecule has 0 radical (unpaired) electrons. The third-order valence-electron chi connectivity index (χ3n) is 3.20. The molecular formula is C15H14BrFN2O2. The van der Waals surface area contributed by atoms with Crippen LogP contribution < -0.4 is 5.32 Å². The summed E-state index contributed by atoms with van der Waals surface area (Å²) in [6, 6.07) is 12.0. The van der Waals surface area contributed by atoms with Gasteiger partial charge in [0, 0.05) is 28.7 Å². The third-order valence-corrected chi connectivity index (χ3v) is 3.70. The molecule has 0 amide bonds. The lowest BCUT2D eigenvalue weighted by Crippen LogP contribution is -2.19. The second kappa shape index (κ2) is 6.78. The van der Waals surface area contributed by atoms with Gasteiger partial charge in [0.25, 0.3) is 0 Å². The largest absolute Gasteiger partial charge is 0.306 e. The number of benzene rings is 2. The maximum Gasteiger partial charge on any atom is 0.305 e. The highest BCUT2D eigenvalue weighted by atomic mass is 79.9. The highest BCUT2D eigenvalue weighted by Crippen LogP contribution is 2.22. The van der Waals surface area contributed by atoms with E-state index in [1.165, 1.54) is 6.07 Å². The van der Waals surface area contributed by atoms with E-state index in [1.54, 1.807) is 6.07 Å². The molecule has 1 atom stereocenters. The van der Waals surface area contributed by atoms with E-state index in [-0.39, 0.29) is 18.2 Å². The average Bonchev–Trinajstić information content (AvgIpc) is 2.45. The Labute approximate surface area is 130 Å². The van der Waals surface area contributed by atoms with E-state index >= 15 is 0 Å². The molecule has 0 aliphatic carbocycles. The monoisotopic (exact) mass is 352 g/mol. The second-order valence-electron chi connectivity index (χ2n) is 4.66. The smallest absolute Gasteiger partial charge is 0.305 e. The Kier molecular flexibility index (Phi) is 5.03. The molecule has 0 fully saturated rings. The molecular weight excluding hydrogens is 339 g/mol. The Hall–Kier alpha value is -1.79. The summed E-state index contributed by atoms with van der Waals surface area (Å²) in [4.78, 5) is 10.00. The molecule has 0 bridgehead atoms. The Bertz CT molecular complexity index is 664. The first-order valence-corrected chi connectivity index (χ1v) is 7.19. The van der Waals surface area contributed by atoms with Gasteiger partial charge in [-0.25, -0.2) is 0 Å². The first-order valence-electron chi connectivity index (χ1n) is 6.39. The van der Waals surface area contributed by atoms with Crippen LogP contribution in [0.3, 0.4) is 0 Å². The fourth-order valence-electron chi connectivity index (χ4n) is 2.00. The lowest BCUT2D eigenvalue weighted by atomic mass is 10.1. The van der Waals surface area contributed by atoms with Crippen molar-refractivity contribution in [1.82, 2.24) is 5.32 Å². The second-order valence-corrected chi connectivity index (χ2v) is 5.58. The van der Waals surface area contributed by atoms with Crippen LogP contribution in [0.2, 0.25) is 0 Å². The molecule has 0 saturated heterocycles. The van der Waals surface area contributed by atoms with Crippen molar-refractivity contribution in [2.45, 2.75) is 19.5 Å². The van der Waals surface area contributed by atoms with Crippen LogP contribution in [-0.4, -0.2) is 4.92 Å². The molecule has 0 aliphatic heterocycles. The van der Waals surface area contributed by atoms with E-state index in [2.05, 4.69) is 21.2 Å². The average molecular weight is 353 g/mol. The Balaban J connectivity index is 2.10. The molecule has 0 aromatic heterocycles. The molecule has 2 aromatic rings. The highest BCUT2D eigenvalue weighted by molar-refractivity contribution is 9.10.